The van der Waals surface area contributed by atoms with Crippen LogP contribution >= 0.6 is 0 Å². The number of rotatable bonds is 1. The lowest BCUT2D eigenvalue weighted by atomic mass is 10.7. The molecule has 0 aromatic carbocycles. The molecule has 0 amide bonds. The Labute approximate surface area is 59.9 Å². The fraction of sp³-hybridized carbons (Fsp3) is 0.600. The highest BCUT2D eigenvalue weighted by molar-refractivity contribution is 5.91. The largest absolute Gasteiger partial charge is 0.368 e. The molecule has 58 valence electrons. The van der Waals surface area contributed by atoms with E-state index in [-0.39, 0.29) is 11.8 Å². The highest BCUT2D eigenvalue weighted by Crippen LogP contribution is 1.81. The van der Waals surface area contributed by atoms with Gasteiger partial charge in [-0.15, -0.1) is 0 Å². The summed E-state index contributed by atoms with van der Waals surface area (Å²) in [6.45, 7) is 1.54. The first-order valence-corrected chi connectivity index (χ1v) is 2.75. The lowest BCUT2D eigenvalue weighted by Crippen LogP contribution is -2.33. The average molecular weight is 144 g/mol. The van der Waals surface area contributed by atoms with E-state index in [1.165, 1.54) is 19.1 Å². The van der Waals surface area contributed by atoms with Crippen LogP contribution in [0.25, 0.3) is 0 Å². The van der Waals surface area contributed by atoms with Crippen LogP contribution < -0.4 is 5.73 Å². The standard InChI is InChI=1S/C5H12N4O/c1-4(6)8-5(7)9(2)10-3/h1-3H3,(H3,6,7,8). The second-order valence-corrected chi connectivity index (χ2v) is 1.74. The second kappa shape index (κ2) is 3.84. The SMILES string of the molecule is CON(C)C(N)=NC(C)=N. The Morgan fingerprint density at radius 3 is 2.50 bits per heavy atom. The smallest absolute Gasteiger partial charge is 0.221 e. The molecule has 0 fully saturated rings. The third kappa shape index (κ3) is 3.03. The molecule has 0 rings (SSSR count). The number of nitrogens with two attached hydrogens (primary N) is 1. The summed E-state index contributed by atoms with van der Waals surface area (Å²) in [5.41, 5.74) is 5.34. The number of amidine groups is 1. The highest BCUT2D eigenvalue weighted by Gasteiger charge is 1.97. The van der Waals surface area contributed by atoms with Gasteiger partial charge in [0.15, 0.2) is 0 Å². The molecular formula is C5H12N4O. The summed E-state index contributed by atoms with van der Waals surface area (Å²) < 4.78 is 0. The van der Waals surface area contributed by atoms with Crippen LogP contribution in [0.15, 0.2) is 4.99 Å². The normalized spacial score (nSPS) is 11.3. The van der Waals surface area contributed by atoms with Crippen LogP contribution in [0, 0.1) is 5.41 Å². The highest BCUT2D eigenvalue weighted by atomic mass is 16.7. The van der Waals surface area contributed by atoms with Gasteiger partial charge in [-0.2, -0.15) is 4.99 Å². The molecule has 0 spiro atoms. The van der Waals surface area contributed by atoms with E-state index in [9.17, 15) is 0 Å². The molecule has 3 N–H and O–H groups in total. The van der Waals surface area contributed by atoms with Gasteiger partial charge in [0.25, 0.3) is 0 Å². The predicted molar refractivity (Wildman–Crippen MR) is 39.8 cm³/mol. The van der Waals surface area contributed by atoms with Crippen molar-refractivity contribution in [1.29, 1.82) is 5.41 Å². The average Bonchev–Trinajstić information content (AvgIpc) is 1.85. The van der Waals surface area contributed by atoms with Gasteiger partial charge in [-0.05, 0) is 6.92 Å². The molecule has 0 atom stereocenters. The molecule has 0 saturated heterocycles. The quantitative estimate of drug-likeness (QED) is 0.304. The molecule has 0 aliphatic rings. The van der Waals surface area contributed by atoms with Crippen LogP contribution in [0.5, 0.6) is 0 Å². The van der Waals surface area contributed by atoms with Gasteiger partial charge >= 0.3 is 0 Å². The summed E-state index contributed by atoms with van der Waals surface area (Å²) >= 11 is 0. The maximum atomic E-state index is 6.94. The van der Waals surface area contributed by atoms with Crippen LogP contribution in [0.2, 0.25) is 0 Å². The summed E-state index contributed by atoms with van der Waals surface area (Å²) in [5.74, 6) is 0.330. The predicted octanol–water partition coefficient (Wildman–Crippen LogP) is -0.209. The van der Waals surface area contributed by atoms with Crippen molar-refractivity contribution in [3.63, 3.8) is 0 Å². The topological polar surface area (TPSA) is 74.7 Å². The number of nitrogens with zero attached hydrogens (tertiary/aromatic N) is 2. The number of hydrogen-bond donors (Lipinski definition) is 2. The first kappa shape index (κ1) is 8.90. The molecule has 10 heavy (non-hydrogen) atoms. The Kier molecular flexibility index (Phi) is 3.42. The van der Waals surface area contributed by atoms with Crippen molar-refractivity contribution < 1.29 is 4.84 Å². The summed E-state index contributed by atoms with van der Waals surface area (Å²) in [7, 11) is 3.09. The first-order chi connectivity index (χ1) is 4.57. The van der Waals surface area contributed by atoms with Crippen LogP contribution in [0.3, 0.4) is 0 Å². The maximum Gasteiger partial charge on any atom is 0.221 e. The van der Waals surface area contributed by atoms with Gasteiger partial charge < -0.3 is 5.73 Å². The van der Waals surface area contributed by atoms with Crippen molar-refractivity contribution >= 4 is 11.8 Å². The molecule has 5 heteroatoms. The summed E-state index contributed by atoms with van der Waals surface area (Å²) in [6, 6.07) is 0. The Morgan fingerprint density at radius 1 is 1.70 bits per heavy atom. The van der Waals surface area contributed by atoms with Crippen LogP contribution in [-0.2, 0) is 4.84 Å². The second-order valence-electron chi connectivity index (χ2n) is 1.74. The minimum atomic E-state index is 0.154. The van der Waals surface area contributed by atoms with Gasteiger partial charge in [-0.3, -0.25) is 10.2 Å². The number of guanidine groups is 1. The summed E-state index contributed by atoms with van der Waals surface area (Å²) in [6.07, 6.45) is 0. The number of hydroxylamine groups is 2. The van der Waals surface area contributed by atoms with E-state index in [0.717, 1.165) is 0 Å². The Hall–Kier alpha value is -1.10. The number of hydrogen-bond acceptors (Lipinski definition) is 2. The maximum absolute atomic E-state index is 6.94. The van der Waals surface area contributed by atoms with Gasteiger partial charge in [-0.1, -0.05) is 0 Å². The number of nitrogens with one attached hydrogen (secondary N) is 1. The van der Waals surface area contributed by atoms with Crippen molar-refractivity contribution in [1.82, 2.24) is 5.06 Å². The van der Waals surface area contributed by atoms with Crippen molar-refractivity contribution in [2.75, 3.05) is 14.2 Å². The Bertz CT molecular complexity index is 154. The summed E-state index contributed by atoms with van der Waals surface area (Å²) in [5, 5.41) is 8.22. The molecule has 0 heterocycles. The van der Waals surface area contributed by atoms with E-state index >= 15 is 0 Å². The van der Waals surface area contributed by atoms with Crippen molar-refractivity contribution in [2.24, 2.45) is 10.7 Å². The monoisotopic (exact) mass is 144 g/mol. The molecule has 0 radical (unpaired) electrons. The van der Waals surface area contributed by atoms with E-state index in [4.69, 9.17) is 16.0 Å². The fourth-order valence-electron chi connectivity index (χ4n) is 0.336. The number of aliphatic imine (C=N–C) groups is 1. The van der Waals surface area contributed by atoms with Gasteiger partial charge in [0, 0.05) is 7.05 Å². The zero-order valence-electron chi connectivity index (χ0n) is 6.38. The van der Waals surface area contributed by atoms with Crippen LogP contribution in [-0.4, -0.2) is 31.0 Å². The third-order valence-electron chi connectivity index (χ3n) is 0.879. The van der Waals surface area contributed by atoms with Gasteiger partial charge in [0.2, 0.25) is 5.96 Å². The van der Waals surface area contributed by atoms with Crippen molar-refractivity contribution in [2.45, 2.75) is 6.92 Å². The molecule has 0 saturated carbocycles. The lowest BCUT2D eigenvalue weighted by molar-refractivity contribution is -0.0428. The zero-order chi connectivity index (χ0) is 8.15. The molecule has 0 bridgehead atoms. The third-order valence-corrected chi connectivity index (χ3v) is 0.879. The van der Waals surface area contributed by atoms with Crippen LogP contribution in [0.4, 0.5) is 0 Å². The molecular weight excluding hydrogens is 132 g/mol. The Balaban J connectivity index is 4.04. The first-order valence-electron chi connectivity index (χ1n) is 2.75. The molecule has 0 aliphatic heterocycles. The van der Waals surface area contributed by atoms with E-state index in [1.807, 2.05) is 0 Å². The van der Waals surface area contributed by atoms with E-state index in [1.54, 1.807) is 7.05 Å². The Morgan fingerprint density at radius 2 is 2.20 bits per heavy atom. The fourth-order valence-corrected chi connectivity index (χ4v) is 0.336. The van der Waals surface area contributed by atoms with Crippen molar-refractivity contribution in [3.8, 4) is 0 Å². The van der Waals surface area contributed by atoms with E-state index in [2.05, 4.69) is 4.99 Å². The molecule has 0 aromatic heterocycles. The lowest BCUT2D eigenvalue weighted by Gasteiger charge is -2.13. The minimum absolute atomic E-state index is 0.154. The molecule has 0 aliphatic carbocycles. The van der Waals surface area contributed by atoms with Gasteiger partial charge in [0.05, 0.1) is 7.11 Å². The molecule has 0 unspecified atom stereocenters. The molecule has 5 nitrogen and oxygen atoms in total. The van der Waals surface area contributed by atoms with Gasteiger partial charge in [-0.25, -0.2) is 5.06 Å². The summed E-state index contributed by atoms with van der Waals surface area (Å²) in [4.78, 5) is 8.32. The van der Waals surface area contributed by atoms with E-state index < -0.39 is 0 Å². The minimum Gasteiger partial charge on any atom is -0.368 e. The van der Waals surface area contributed by atoms with Crippen molar-refractivity contribution in [3.05, 3.63) is 0 Å². The zero-order valence-corrected chi connectivity index (χ0v) is 6.38. The molecule has 0 aromatic rings. The van der Waals surface area contributed by atoms with E-state index in [0.29, 0.717) is 0 Å². The van der Waals surface area contributed by atoms with Crippen LogP contribution in [0.1, 0.15) is 6.92 Å². The van der Waals surface area contributed by atoms with Gasteiger partial charge in [0.1, 0.15) is 5.84 Å².